The first-order valence-corrected chi connectivity index (χ1v) is 12.9. The van der Waals surface area contributed by atoms with E-state index in [9.17, 15) is 23.7 Å². The molecule has 3 aromatic rings. The molecule has 0 spiro atoms. The fourth-order valence-corrected chi connectivity index (χ4v) is 4.93. The first-order chi connectivity index (χ1) is 18.4. The van der Waals surface area contributed by atoms with Gasteiger partial charge >= 0.3 is 6.09 Å². The van der Waals surface area contributed by atoms with Crippen molar-refractivity contribution in [1.29, 1.82) is 0 Å². The van der Waals surface area contributed by atoms with E-state index in [1.807, 2.05) is 30.3 Å². The fourth-order valence-electron chi connectivity index (χ4n) is 4.93. The monoisotopic (exact) mass is 537 g/mol. The minimum Gasteiger partial charge on any atom is -0.444 e. The molecule has 0 aliphatic carbocycles. The zero-order chi connectivity index (χ0) is 28.2. The van der Waals surface area contributed by atoms with Crippen LogP contribution in [0.15, 0.2) is 72.8 Å². The number of halogens is 2. The van der Waals surface area contributed by atoms with E-state index >= 15 is 0 Å². The zero-order valence-electron chi connectivity index (χ0n) is 22.4. The topological polar surface area (TPSA) is 75.9 Å². The third-order valence-electron chi connectivity index (χ3n) is 6.84. The molecule has 1 aliphatic rings. The predicted octanol–water partition coefficient (Wildman–Crippen LogP) is 5.98. The van der Waals surface area contributed by atoms with Crippen molar-refractivity contribution in [3.05, 3.63) is 117 Å². The Bertz CT molecular complexity index is 1310. The maximum absolute atomic E-state index is 14.1. The van der Waals surface area contributed by atoms with Crippen molar-refractivity contribution in [1.82, 2.24) is 9.80 Å². The number of rotatable bonds is 8. The van der Waals surface area contributed by atoms with Crippen LogP contribution in [-0.2, 0) is 30.7 Å². The molecule has 0 fully saturated rings. The van der Waals surface area contributed by atoms with Gasteiger partial charge in [0.2, 0.25) is 0 Å². The number of amides is 1. The van der Waals surface area contributed by atoms with Gasteiger partial charge in [-0.05, 0) is 67.3 Å². The van der Waals surface area contributed by atoms with Crippen LogP contribution in [0, 0.1) is 21.7 Å². The third-order valence-corrected chi connectivity index (χ3v) is 6.84. The minimum atomic E-state index is -1.57. The normalized spacial score (nSPS) is 17.4. The van der Waals surface area contributed by atoms with Crippen LogP contribution < -0.4 is 0 Å². The van der Waals surface area contributed by atoms with Crippen LogP contribution in [0.25, 0.3) is 0 Å². The summed E-state index contributed by atoms with van der Waals surface area (Å²) < 4.78 is 33.3. The van der Waals surface area contributed by atoms with Crippen molar-refractivity contribution >= 4 is 6.09 Å². The number of hydrogen-bond donors (Lipinski definition) is 0. The van der Waals surface area contributed by atoms with E-state index < -0.39 is 29.0 Å². The number of hydrogen-bond acceptors (Lipinski definition) is 5. The number of nitrogens with zero attached hydrogens (tertiary/aromatic N) is 3. The molecule has 1 aliphatic heterocycles. The van der Waals surface area contributed by atoms with Crippen LogP contribution in [0.5, 0.6) is 0 Å². The molecule has 1 unspecified atom stereocenters. The average molecular weight is 538 g/mol. The van der Waals surface area contributed by atoms with E-state index in [-0.39, 0.29) is 43.9 Å². The van der Waals surface area contributed by atoms with Crippen molar-refractivity contribution in [3.63, 3.8) is 0 Å². The summed E-state index contributed by atoms with van der Waals surface area (Å²) in [5.41, 5.74) is 0.562. The summed E-state index contributed by atoms with van der Waals surface area (Å²) in [7, 11) is 0. The fraction of sp³-hybridized carbons (Fsp3) is 0.367. The van der Waals surface area contributed by atoms with Gasteiger partial charge in [0.1, 0.15) is 17.2 Å². The van der Waals surface area contributed by atoms with Crippen molar-refractivity contribution in [2.45, 2.75) is 58.0 Å². The molecule has 1 heterocycles. The predicted molar refractivity (Wildman–Crippen MR) is 143 cm³/mol. The maximum Gasteiger partial charge on any atom is 0.410 e. The van der Waals surface area contributed by atoms with E-state index in [1.54, 1.807) is 43.9 Å². The summed E-state index contributed by atoms with van der Waals surface area (Å²) in [4.78, 5) is 28.9. The van der Waals surface area contributed by atoms with Crippen molar-refractivity contribution < 1.29 is 23.2 Å². The molecule has 0 saturated heterocycles. The Morgan fingerprint density at radius 2 is 1.67 bits per heavy atom. The molecule has 0 saturated carbocycles. The number of carbonyl (C=O) groups is 1. The number of nitro groups is 1. The molecule has 0 radical (unpaired) electrons. The summed E-state index contributed by atoms with van der Waals surface area (Å²) in [5, 5.41) is 12.8. The van der Waals surface area contributed by atoms with E-state index in [1.165, 1.54) is 29.2 Å². The van der Waals surface area contributed by atoms with Crippen LogP contribution in [0.2, 0.25) is 0 Å². The van der Waals surface area contributed by atoms with E-state index in [0.717, 1.165) is 5.56 Å². The Labute approximate surface area is 227 Å². The lowest BCUT2D eigenvalue weighted by Crippen LogP contribution is -2.61. The van der Waals surface area contributed by atoms with Crippen molar-refractivity contribution in [2.24, 2.45) is 0 Å². The molecule has 39 heavy (non-hydrogen) atoms. The first kappa shape index (κ1) is 28.2. The summed E-state index contributed by atoms with van der Waals surface area (Å²) in [5.74, 6) is -0.843. The second-order valence-corrected chi connectivity index (χ2v) is 10.9. The summed E-state index contributed by atoms with van der Waals surface area (Å²) in [6, 6.07) is 19.4. The largest absolute Gasteiger partial charge is 0.444 e. The van der Waals surface area contributed by atoms with Gasteiger partial charge in [-0.1, -0.05) is 48.5 Å². The van der Waals surface area contributed by atoms with Gasteiger partial charge in [-0.2, -0.15) is 0 Å². The molecular weight excluding hydrogens is 504 g/mol. The van der Waals surface area contributed by atoms with Gasteiger partial charge in [-0.15, -0.1) is 0 Å². The Kier molecular flexibility index (Phi) is 8.30. The maximum atomic E-state index is 14.1. The molecule has 1 amide bonds. The van der Waals surface area contributed by atoms with Crippen molar-refractivity contribution in [2.75, 3.05) is 13.1 Å². The van der Waals surface area contributed by atoms with Crippen LogP contribution in [0.3, 0.4) is 0 Å². The number of benzene rings is 3. The third kappa shape index (κ3) is 6.97. The highest BCUT2D eigenvalue weighted by atomic mass is 19.1. The van der Waals surface area contributed by atoms with Gasteiger partial charge in [-0.25, -0.2) is 18.5 Å². The Hall–Kier alpha value is -3.85. The highest BCUT2D eigenvalue weighted by Gasteiger charge is 2.51. The molecule has 1 atom stereocenters. The quantitative estimate of drug-likeness (QED) is 0.261. The molecule has 7 nitrogen and oxygen atoms in total. The molecular formula is C30H33F2N3O4. The lowest BCUT2D eigenvalue weighted by atomic mass is 9.85. The van der Waals surface area contributed by atoms with Gasteiger partial charge in [0.15, 0.2) is 0 Å². The summed E-state index contributed by atoms with van der Waals surface area (Å²) >= 11 is 0. The molecule has 4 rings (SSSR count). The van der Waals surface area contributed by atoms with Gasteiger partial charge in [0, 0.05) is 31.1 Å². The lowest BCUT2D eigenvalue weighted by Gasteiger charge is -2.41. The van der Waals surface area contributed by atoms with Gasteiger partial charge in [0.25, 0.3) is 5.66 Å². The molecule has 9 heteroatoms. The van der Waals surface area contributed by atoms with Crippen LogP contribution in [0.1, 0.15) is 43.0 Å². The van der Waals surface area contributed by atoms with Crippen LogP contribution in [-0.4, -0.2) is 45.2 Å². The Balaban J connectivity index is 1.67. The first-order valence-electron chi connectivity index (χ1n) is 12.9. The SMILES string of the molecule is CC(C)(C)OC(=O)N(CCN1Cc2cc(F)ccc2CC1(Cc1ccc(F)cc1)[N+](=O)[O-])Cc1ccccc1. The van der Waals surface area contributed by atoms with Gasteiger partial charge < -0.3 is 9.64 Å². The Morgan fingerprint density at radius 3 is 2.31 bits per heavy atom. The molecule has 0 bridgehead atoms. The Morgan fingerprint density at radius 1 is 1.00 bits per heavy atom. The van der Waals surface area contributed by atoms with Crippen LogP contribution >= 0.6 is 0 Å². The standard InChI is InChI=1S/C30H33F2N3O4/c1-29(2,3)39-28(36)33(20-23-7-5-4-6-8-23)15-16-34-21-25-17-27(32)14-11-24(25)19-30(34,35(37)38)18-22-9-12-26(31)13-10-22/h4-14,17H,15-16,18-21H2,1-3H3. The highest BCUT2D eigenvalue weighted by Crippen LogP contribution is 2.35. The van der Waals surface area contributed by atoms with Gasteiger partial charge in [-0.3, -0.25) is 10.1 Å². The number of ether oxygens (including phenoxy) is 1. The molecule has 3 aromatic carbocycles. The number of fused-ring (bicyclic) bond motifs is 1. The van der Waals surface area contributed by atoms with Crippen molar-refractivity contribution in [3.8, 4) is 0 Å². The zero-order valence-corrected chi connectivity index (χ0v) is 22.4. The van der Waals surface area contributed by atoms with Crippen LogP contribution in [0.4, 0.5) is 13.6 Å². The summed E-state index contributed by atoms with van der Waals surface area (Å²) in [6.45, 7) is 6.02. The summed E-state index contributed by atoms with van der Waals surface area (Å²) in [6.07, 6.45) is -0.472. The molecule has 0 N–H and O–H groups in total. The minimum absolute atomic E-state index is 0.0161. The number of carbonyl (C=O) groups excluding carboxylic acids is 1. The smallest absolute Gasteiger partial charge is 0.410 e. The second-order valence-electron chi connectivity index (χ2n) is 10.9. The molecule has 206 valence electrons. The van der Waals surface area contributed by atoms with E-state index in [2.05, 4.69) is 0 Å². The lowest BCUT2D eigenvalue weighted by molar-refractivity contribution is -0.604. The molecule has 0 aromatic heterocycles. The van der Waals surface area contributed by atoms with Gasteiger partial charge in [0.05, 0.1) is 12.8 Å². The van der Waals surface area contributed by atoms with E-state index in [0.29, 0.717) is 16.7 Å². The highest BCUT2D eigenvalue weighted by molar-refractivity contribution is 5.68. The van der Waals surface area contributed by atoms with E-state index in [4.69, 9.17) is 4.74 Å². The second kappa shape index (κ2) is 11.5. The average Bonchev–Trinajstić information content (AvgIpc) is 2.87.